The van der Waals surface area contributed by atoms with Gasteiger partial charge in [-0.05, 0) is 55.7 Å². The first-order chi connectivity index (χ1) is 13.6. The summed E-state index contributed by atoms with van der Waals surface area (Å²) in [5, 5.41) is 2.80. The lowest BCUT2D eigenvalue weighted by Gasteiger charge is -2.30. The minimum absolute atomic E-state index is 0.0348. The number of carbonyl (C=O) groups is 1. The molecule has 0 aromatic heterocycles. The summed E-state index contributed by atoms with van der Waals surface area (Å²) in [6.07, 6.45) is 0. The van der Waals surface area contributed by atoms with Crippen LogP contribution >= 0.6 is 0 Å². The molecule has 0 saturated carbocycles. The molecule has 1 N–H and O–H groups in total. The molecule has 2 aromatic rings. The number of sulfonamides is 1. The fourth-order valence-corrected chi connectivity index (χ4v) is 4.50. The van der Waals surface area contributed by atoms with Crippen molar-refractivity contribution in [3.8, 4) is 5.75 Å². The highest BCUT2D eigenvalue weighted by Crippen LogP contribution is 2.33. The molecule has 1 heterocycles. The van der Waals surface area contributed by atoms with Crippen LogP contribution in [0.4, 0.5) is 11.4 Å². The lowest BCUT2D eigenvalue weighted by molar-refractivity contribution is 0.102. The van der Waals surface area contributed by atoms with Crippen LogP contribution in [0.15, 0.2) is 45.7 Å². The van der Waals surface area contributed by atoms with Gasteiger partial charge in [0.1, 0.15) is 16.5 Å². The Morgan fingerprint density at radius 2 is 1.90 bits per heavy atom. The molecule has 1 aliphatic rings. The van der Waals surface area contributed by atoms with E-state index in [0.29, 0.717) is 35.4 Å². The van der Waals surface area contributed by atoms with Gasteiger partial charge in [0.15, 0.2) is 0 Å². The van der Waals surface area contributed by atoms with Gasteiger partial charge < -0.3 is 15.0 Å². The maximum absolute atomic E-state index is 12.8. The second-order valence-electron chi connectivity index (χ2n) is 7.46. The van der Waals surface area contributed by atoms with Gasteiger partial charge in [-0.15, -0.1) is 4.40 Å². The summed E-state index contributed by atoms with van der Waals surface area (Å²) in [4.78, 5) is 14.7. The zero-order chi connectivity index (χ0) is 21.3. The number of nitrogens with zero attached hydrogens (tertiary/aromatic N) is 2. The molecule has 154 valence electrons. The lowest BCUT2D eigenvalue weighted by Crippen LogP contribution is -2.36. The Morgan fingerprint density at radius 1 is 1.17 bits per heavy atom. The molecule has 8 heteroatoms. The quantitative estimate of drug-likeness (QED) is 0.802. The van der Waals surface area contributed by atoms with Crippen LogP contribution in [0.1, 0.15) is 36.7 Å². The van der Waals surface area contributed by atoms with Crippen LogP contribution in [0, 0.1) is 12.8 Å². The van der Waals surface area contributed by atoms with Crippen molar-refractivity contribution in [3.05, 3.63) is 47.5 Å². The van der Waals surface area contributed by atoms with Crippen molar-refractivity contribution in [3.63, 3.8) is 0 Å². The molecule has 1 aliphatic heterocycles. The highest BCUT2D eigenvalue weighted by Gasteiger charge is 2.30. The molecular formula is C21H25N3O4S. The zero-order valence-corrected chi connectivity index (χ0v) is 18.0. The Hall–Kier alpha value is -2.87. The Bertz CT molecular complexity index is 1090. The first-order valence-electron chi connectivity index (χ1n) is 9.31. The molecular weight excluding hydrogens is 390 g/mol. The fourth-order valence-electron chi connectivity index (χ4n) is 3.24. The lowest BCUT2D eigenvalue weighted by atomic mass is 10.1. The Labute approximate surface area is 171 Å². The van der Waals surface area contributed by atoms with Crippen molar-refractivity contribution >= 4 is 33.1 Å². The van der Waals surface area contributed by atoms with E-state index in [4.69, 9.17) is 4.74 Å². The Kier molecular flexibility index (Phi) is 5.66. The zero-order valence-electron chi connectivity index (χ0n) is 17.2. The molecule has 0 fully saturated rings. The average molecular weight is 416 g/mol. The van der Waals surface area contributed by atoms with E-state index in [0.717, 1.165) is 5.56 Å². The number of rotatable bonds is 5. The van der Waals surface area contributed by atoms with E-state index < -0.39 is 15.9 Å². The fraction of sp³-hybridized carbons (Fsp3) is 0.333. The van der Waals surface area contributed by atoms with Crippen LogP contribution in [0.2, 0.25) is 0 Å². The molecule has 0 aliphatic carbocycles. The molecule has 0 bridgehead atoms. The van der Waals surface area contributed by atoms with E-state index in [1.807, 2.05) is 31.7 Å². The second-order valence-corrected chi connectivity index (χ2v) is 9.03. The van der Waals surface area contributed by atoms with Crippen LogP contribution in [0.5, 0.6) is 5.75 Å². The first-order valence-corrected chi connectivity index (χ1v) is 10.8. The van der Waals surface area contributed by atoms with E-state index in [9.17, 15) is 13.2 Å². The number of amidine groups is 1. The van der Waals surface area contributed by atoms with Gasteiger partial charge in [-0.25, -0.2) is 0 Å². The van der Waals surface area contributed by atoms with E-state index in [1.165, 1.54) is 13.2 Å². The summed E-state index contributed by atoms with van der Waals surface area (Å²) in [7, 11) is -2.34. The third-order valence-corrected chi connectivity index (χ3v) is 5.97. The SMILES string of the molecule is COc1ccc(C)cc1NC(=O)c1ccc2c(c1)S(=O)(=O)N=C(C)N2CC(C)C. The van der Waals surface area contributed by atoms with Gasteiger partial charge in [-0.2, -0.15) is 8.42 Å². The van der Waals surface area contributed by atoms with Crippen LogP contribution in [0.3, 0.4) is 0 Å². The molecule has 0 unspecified atom stereocenters. The number of anilines is 2. The van der Waals surface area contributed by atoms with Gasteiger partial charge in [0.05, 0.1) is 18.5 Å². The molecule has 7 nitrogen and oxygen atoms in total. The number of fused-ring (bicyclic) bond motifs is 1. The van der Waals surface area contributed by atoms with Crippen molar-refractivity contribution in [2.75, 3.05) is 23.9 Å². The van der Waals surface area contributed by atoms with Crippen LogP contribution < -0.4 is 15.0 Å². The summed E-state index contributed by atoms with van der Waals surface area (Å²) in [5.74, 6) is 0.838. The number of hydrogen-bond donors (Lipinski definition) is 1. The van der Waals surface area contributed by atoms with E-state index in [-0.39, 0.29) is 10.5 Å². The maximum Gasteiger partial charge on any atom is 0.286 e. The highest BCUT2D eigenvalue weighted by molar-refractivity contribution is 7.90. The van der Waals surface area contributed by atoms with Gasteiger partial charge in [-0.3, -0.25) is 4.79 Å². The van der Waals surface area contributed by atoms with Gasteiger partial charge >= 0.3 is 0 Å². The van der Waals surface area contributed by atoms with Crippen molar-refractivity contribution in [2.24, 2.45) is 10.3 Å². The van der Waals surface area contributed by atoms with Gasteiger partial charge in [0, 0.05) is 12.1 Å². The molecule has 29 heavy (non-hydrogen) atoms. The molecule has 0 saturated heterocycles. The molecule has 0 spiro atoms. The number of hydrogen-bond acceptors (Lipinski definition) is 5. The minimum Gasteiger partial charge on any atom is -0.495 e. The van der Waals surface area contributed by atoms with Crippen LogP contribution in [0.25, 0.3) is 0 Å². The summed E-state index contributed by atoms with van der Waals surface area (Å²) >= 11 is 0. The van der Waals surface area contributed by atoms with E-state index in [1.54, 1.807) is 31.2 Å². The molecule has 0 atom stereocenters. The van der Waals surface area contributed by atoms with E-state index in [2.05, 4.69) is 9.71 Å². The monoisotopic (exact) mass is 415 g/mol. The third kappa shape index (κ3) is 4.27. The van der Waals surface area contributed by atoms with Crippen molar-refractivity contribution < 1.29 is 17.9 Å². The minimum atomic E-state index is -3.87. The molecule has 0 radical (unpaired) electrons. The molecule has 1 amide bonds. The first kappa shape index (κ1) is 20.9. The summed E-state index contributed by atoms with van der Waals surface area (Å²) in [6, 6.07) is 10.1. The normalized spacial score (nSPS) is 15.0. The predicted octanol–water partition coefficient (Wildman–Crippen LogP) is 3.84. The number of methoxy groups -OCH3 is 1. The summed E-state index contributed by atoms with van der Waals surface area (Å²) in [5.41, 5.74) is 2.25. The summed E-state index contributed by atoms with van der Waals surface area (Å²) in [6.45, 7) is 8.31. The topological polar surface area (TPSA) is 88.1 Å². The number of amides is 1. The van der Waals surface area contributed by atoms with E-state index >= 15 is 0 Å². The number of nitrogens with one attached hydrogen (secondary N) is 1. The van der Waals surface area contributed by atoms with Gasteiger partial charge in [0.2, 0.25) is 0 Å². The standard InChI is InChI=1S/C21H25N3O4S/c1-13(2)12-24-15(4)23-29(26,27)20-11-16(7-8-18(20)24)21(25)22-17-10-14(3)6-9-19(17)28-5/h6-11,13H,12H2,1-5H3,(H,22,25). The Morgan fingerprint density at radius 3 is 2.55 bits per heavy atom. The highest BCUT2D eigenvalue weighted by atomic mass is 32.2. The third-order valence-electron chi connectivity index (χ3n) is 4.58. The van der Waals surface area contributed by atoms with Gasteiger partial charge in [0.25, 0.3) is 15.9 Å². The number of aryl methyl sites for hydroxylation is 1. The van der Waals surface area contributed by atoms with Crippen molar-refractivity contribution in [2.45, 2.75) is 32.6 Å². The summed E-state index contributed by atoms with van der Waals surface area (Å²) < 4.78 is 34.4. The average Bonchev–Trinajstić information content (AvgIpc) is 2.64. The Balaban J connectivity index is 1.99. The van der Waals surface area contributed by atoms with Crippen LogP contribution in [-0.4, -0.2) is 33.8 Å². The second kappa shape index (κ2) is 7.87. The smallest absolute Gasteiger partial charge is 0.286 e. The predicted molar refractivity (Wildman–Crippen MR) is 115 cm³/mol. The van der Waals surface area contributed by atoms with Crippen molar-refractivity contribution in [1.29, 1.82) is 0 Å². The number of carbonyl (C=O) groups excluding carboxylic acids is 1. The van der Waals surface area contributed by atoms with Crippen LogP contribution in [-0.2, 0) is 10.0 Å². The largest absolute Gasteiger partial charge is 0.495 e. The van der Waals surface area contributed by atoms with Crippen molar-refractivity contribution in [1.82, 2.24) is 0 Å². The van der Waals surface area contributed by atoms with Gasteiger partial charge in [-0.1, -0.05) is 19.9 Å². The molecule has 3 rings (SSSR count). The number of benzene rings is 2. The molecule has 2 aromatic carbocycles. The maximum atomic E-state index is 12.8. The number of ether oxygens (including phenoxy) is 1.